The number of hydrogen-bond acceptors (Lipinski definition) is 4. The summed E-state index contributed by atoms with van der Waals surface area (Å²) in [6, 6.07) is 11.9. The van der Waals surface area contributed by atoms with E-state index in [-0.39, 0.29) is 9.92 Å². The Hall–Kier alpha value is -1.73. The molecule has 0 saturated carbocycles. The Morgan fingerprint density at radius 1 is 0.962 bits per heavy atom. The standard InChI is InChI=1S/C18H17Cl2N3O2S/c19-15-5-4-13(12-16(15)20)26(24,25)23-9-6-14-17(2-1-3-18(14)23)22-10-7-21-8-11-22/h1-6,9,12,21H,7-8,10-11H2. The molecule has 4 rings (SSSR count). The first-order chi connectivity index (χ1) is 12.5. The molecule has 2 heterocycles. The molecule has 5 nitrogen and oxygen atoms in total. The average molecular weight is 410 g/mol. The van der Waals surface area contributed by atoms with Gasteiger partial charge in [-0.15, -0.1) is 0 Å². The molecule has 0 aliphatic carbocycles. The molecule has 0 radical (unpaired) electrons. The van der Waals surface area contributed by atoms with Gasteiger partial charge in [-0.25, -0.2) is 12.4 Å². The fourth-order valence-electron chi connectivity index (χ4n) is 3.27. The van der Waals surface area contributed by atoms with Crippen molar-refractivity contribution in [3.05, 3.63) is 58.7 Å². The van der Waals surface area contributed by atoms with Gasteiger partial charge in [0.1, 0.15) is 0 Å². The van der Waals surface area contributed by atoms with Gasteiger partial charge in [-0.3, -0.25) is 0 Å². The number of benzene rings is 2. The number of piperazine rings is 1. The van der Waals surface area contributed by atoms with Crippen LogP contribution in [0, 0.1) is 0 Å². The highest BCUT2D eigenvalue weighted by atomic mass is 35.5. The largest absolute Gasteiger partial charge is 0.368 e. The monoisotopic (exact) mass is 409 g/mol. The number of aromatic nitrogens is 1. The zero-order valence-electron chi connectivity index (χ0n) is 13.8. The van der Waals surface area contributed by atoms with E-state index in [9.17, 15) is 8.42 Å². The molecule has 3 aromatic rings. The van der Waals surface area contributed by atoms with Crippen LogP contribution in [0.5, 0.6) is 0 Å². The molecule has 0 amide bonds. The smallest absolute Gasteiger partial charge is 0.268 e. The Morgan fingerprint density at radius 3 is 2.46 bits per heavy atom. The minimum Gasteiger partial charge on any atom is -0.368 e. The number of fused-ring (bicyclic) bond motifs is 1. The third-order valence-electron chi connectivity index (χ3n) is 4.58. The molecule has 0 atom stereocenters. The quantitative estimate of drug-likeness (QED) is 0.717. The number of anilines is 1. The van der Waals surface area contributed by atoms with Gasteiger partial charge in [0.25, 0.3) is 10.0 Å². The summed E-state index contributed by atoms with van der Waals surface area (Å²) >= 11 is 11.9. The predicted octanol–water partition coefficient (Wildman–Crippen LogP) is 3.59. The summed E-state index contributed by atoms with van der Waals surface area (Å²) in [5, 5.41) is 4.78. The second kappa shape index (κ2) is 6.78. The Morgan fingerprint density at radius 2 is 1.73 bits per heavy atom. The van der Waals surface area contributed by atoms with Gasteiger partial charge < -0.3 is 10.2 Å². The molecule has 136 valence electrons. The number of nitrogens with one attached hydrogen (secondary N) is 1. The molecule has 1 aliphatic rings. The number of halogens is 2. The van der Waals surface area contributed by atoms with Crippen LogP contribution in [0.15, 0.2) is 53.6 Å². The molecular formula is C18H17Cl2N3O2S. The molecule has 1 fully saturated rings. The highest BCUT2D eigenvalue weighted by molar-refractivity contribution is 7.90. The lowest BCUT2D eigenvalue weighted by molar-refractivity contribution is 0.588. The lowest BCUT2D eigenvalue weighted by atomic mass is 10.2. The third-order valence-corrected chi connectivity index (χ3v) is 7.00. The van der Waals surface area contributed by atoms with Gasteiger partial charge in [-0.2, -0.15) is 0 Å². The minimum atomic E-state index is -3.77. The number of nitrogens with zero attached hydrogens (tertiary/aromatic N) is 2. The van der Waals surface area contributed by atoms with Crippen molar-refractivity contribution in [2.45, 2.75) is 4.90 Å². The van der Waals surface area contributed by atoms with Crippen LogP contribution >= 0.6 is 23.2 Å². The van der Waals surface area contributed by atoms with Gasteiger partial charge in [-0.1, -0.05) is 29.3 Å². The van der Waals surface area contributed by atoms with E-state index in [1.807, 2.05) is 24.3 Å². The summed E-state index contributed by atoms with van der Waals surface area (Å²) in [7, 11) is -3.77. The zero-order valence-corrected chi connectivity index (χ0v) is 16.2. The van der Waals surface area contributed by atoms with Gasteiger partial charge in [0.05, 0.1) is 20.5 Å². The Kier molecular flexibility index (Phi) is 4.61. The summed E-state index contributed by atoms with van der Waals surface area (Å²) in [6.07, 6.45) is 1.59. The summed E-state index contributed by atoms with van der Waals surface area (Å²) in [5.74, 6) is 0. The molecule has 0 bridgehead atoms. The van der Waals surface area contributed by atoms with Crippen LogP contribution < -0.4 is 10.2 Å². The van der Waals surface area contributed by atoms with Crippen molar-refractivity contribution in [3.63, 3.8) is 0 Å². The maximum atomic E-state index is 13.1. The van der Waals surface area contributed by atoms with Crippen molar-refractivity contribution in [1.82, 2.24) is 9.29 Å². The summed E-state index contributed by atoms with van der Waals surface area (Å²) < 4.78 is 27.5. The third kappa shape index (κ3) is 2.97. The van der Waals surface area contributed by atoms with Crippen molar-refractivity contribution >= 4 is 49.8 Å². The van der Waals surface area contributed by atoms with Crippen molar-refractivity contribution in [3.8, 4) is 0 Å². The summed E-state index contributed by atoms with van der Waals surface area (Å²) in [4.78, 5) is 2.38. The SMILES string of the molecule is O=S(=O)(c1ccc(Cl)c(Cl)c1)n1ccc2c(N3CCNCC3)cccc21. The van der Waals surface area contributed by atoms with Crippen LogP contribution in [-0.2, 0) is 10.0 Å². The Balaban J connectivity index is 1.83. The van der Waals surface area contributed by atoms with E-state index in [1.165, 1.54) is 22.2 Å². The van der Waals surface area contributed by atoms with Crippen LogP contribution in [0.3, 0.4) is 0 Å². The van der Waals surface area contributed by atoms with Crippen molar-refractivity contribution in [2.75, 3.05) is 31.1 Å². The van der Waals surface area contributed by atoms with E-state index < -0.39 is 10.0 Å². The molecule has 1 aliphatic heterocycles. The second-order valence-corrected chi connectivity index (χ2v) is 8.77. The molecule has 2 aromatic carbocycles. The van der Waals surface area contributed by atoms with Crippen LogP contribution in [0.1, 0.15) is 0 Å². The molecule has 1 saturated heterocycles. The minimum absolute atomic E-state index is 0.108. The number of rotatable bonds is 3. The second-order valence-electron chi connectivity index (χ2n) is 6.14. The topological polar surface area (TPSA) is 54.3 Å². The lowest BCUT2D eigenvalue weighted by Crippen LogP contribution is -2.43. The van der Waals surface area contributed by atoms with Crippen molar-refractivity contribution in [1.29, 1.82) is 0 Å². The maximum absolute atomic E-state index is 13.1. The van der Waals surface area contributed by atoms with Gasteiger partial charge in [0.2, 0.25) is 0 Å². The maximum Gasteiger partial charge on any atom is 0.268 e. The van der Waals surface area contributed by atoms with Gasteiger partial charge in [0.15, 0.2) is 0 Å². The van der Waals surface area contributed by atoms with E-state index in [0.29, 0.717) is 10.5 Å². The highest BCUT2D eigenvalue weighted by Crippen LogP contribution is 2.32. The number of hydrogen-bond donors (Lipinski definition) is 1. The molecule has 1 aromatic heterocycles. The normalized spacial score (nSPS) is 15.5. The molecule has 1 N–H and O–H groups in total. The highest BCUT2D eigenvalue weighted by Gasteiger charge is 2.22. The van der Waals surface area contributed by atoms with Crippen LogP contribution in [-0.4, -0.2) is 38.6 Å². The zero-order chi connectivity index (χ0) is 18.3. The van der Waals surface area contributed by atoms with Gasteiger partial charge in [0, 0.05) is 43.4 Å². The molecule has 8 heteroatoms. The fourth-order valence-corrected chi connectivity index (χ4v) is 5.00. The van der Waals surface area contributed by atoms with E-state index in [4.69, 9.17) is 23.2 Å². The first-order valence-corrected chi connectivity index (χ1v) is 10.4. The summed E-state index contributed by atoms with van der Waals surface area (Å²) in [5.41, 5.74) is 1.69. The first kappa shape index (κ1) is 17.7. The van der Waals surface area contributed by atoms with E-state index in [2.05, 4.69) is 10.2 Å². The first-order valence-electron chi connectivity index (χ1n) is 8.25. The van der Waals surface area contributed by atoms with Gasteiger partial charge >= 0.3 is 0 Å². The molecule has 0 spiro atoms. The Bertz CT molecular complexity index is 1070. The Labute approximate surface area is 162 Å². The molecular weight excluding hydrogens is 393 g/mol. The average Bonchev–Trinajstić information content (AvgIpc) is 3.09. The van der Waals surface area contributed by atoms with Crippen LogP contribution in [0.25, 0.3) is 10.9 Å². The van der Waals surface area contributed by atoms with Gasteiger partial charge in [-0.05, 0) is 36.4 Å². The van der Waals surface area contributed by atoms with E-state index >= 15 is 0 Å². The molecule has 0 unspecified atom stereocenters. The van der Waals surface area contributed by atoms with E-state index in [1.54, 1.807) is 6.20 Å². The predicted molar refractivity (Wildman–Crippen MR) is 106 cm³/mol. The fraction of sp³-hybridized carbons (Fsp3) is 0.222. The van der Waals surface area contributed by atoms with Crippen LogP contribution in [0.2, 0.25) is 10.0 Å². The van der Waals surface area contributed by atoms with E-state index in [0.717, 1.165) is 37.3 Å². The lowest BCUT2D eigenvalue weighted by Gasteiger charge is -2.30. The van der Waals surface area contributed by atoms with Crippen LogP contribution in [0.4, 0.5) is 5.69 Å². The van der Waals surface area contributed by atoms with Crippen molar-refractivity contribution in [2.24, 2.45) is 0 Å². The van der Waals surface area contributed by atoms with Crippen molar-refractivity contribution < 1.29 is 8.42 Å². The summed E-state index contributed by atoms with van der Waals surface area (Å²) in [6.45, 7) is 3.62. The molecule has 26 heavy (non-hydrogen) atoms.